The van der Waals surface area contributed by atoms with Gasteiger partial charge in [0.2, 0.25) is 0 Å². The first kappa shape index (κ1) is 9.68. The molecule has 0 amide bonds. The normalized spacial score (nSPS) is 23.9. The lowest BCUT2D eigenvalue weighted by Gasteiger charge is -2.20. The SMILES string of the molecule is O=C(O)C(Br)(c1ccccc1)C1CO1. The lowest BCUT2D eigenvalue weighted by atomic mass is 9.96. The summed E-state index contributed by atoms with van der Waals surface area (Å²) in [5.74, 6) is -0.911. The van der Waals surface area contributed by atoms with Crippen LogP contribution >= 0.6 is 15.9 Å². The van der Waals surface area contributed by atoms with Crippen LogP contribution in [0.3, 0.4) is 0 Å². The van der Waals surface area contributed by atoms with Crippen molar-refractivity contribution in [1.82, 2.24) is 0 Å². The molecular formula is C10H9BrO3. The highest BCUT2D eigenvalue weighted by molar-refractivity contribution is 9.10. The number of halogens is 1. The monoisotopic (exact) mass is 256 g/mol. The molecule has 3 nitrogen and oxygen atoms in total. The quantitative estimate of drug-likeness (QED) is 0.663. The number of hydrogen-bond acceptors (Lipinski definition) is 2. The highest BCUT2D eigenvalue weighted by atomic mass is 79.9. The maximum Gasteiger partial charge on any atom is 0.327 e. The summed E-state index contributed by atoms with van der Waals surface area (Å²) >= 11 is 3.26. The minimum Gasteiger partial charge on any atom is -0.480 e. The van der Waals surface area contributed by atoms with E-state index < -0.39 is 10.3 Å². The van der Waals surface area contributed by atoms with Crippen LogP contribution in [0.5, 0.6) is 0 Å². The Morgan fingerprint density at radius 2 is 2.07 bits per heavy atom. The van der Waals surface area contributed by atoms with Gasteiger partial charge in [-0.25, -0.2) is 0 Å². The number of carbonyl (C=O) groups is 1. The third-order valence-electron chi connectivity index (χ3n) is 2.28. The summed E-state index contributed by atoms with van der Waals surface area (Å²) < 4.78 is 3.97. The molecule has 1 aliphatic rings. The average molecular weight is 257 g/mol. The largest absolute Gasteiger partial charge is 0.480 e. The molecule has 0 aromatic heterocycles. The smallest absolute Gasteiger partial charge is 0.327 e. The van der Waals surface area contributed by atoms with Gasteiger partial charge >= 0.3 is 5.97 Å². The van der Waals surface area contributed by atoms with E-state index in [2.05, 4.69) is 15.9 Å². The molecule has 1 N–H and O–H groups in total. The van der Waals surface area contributed by atoms with Crippen LogP contribution in [0.25, 0.3) is 0 Å². The zero-order chi connectivity index (χ0) is 10.2. The van der Waals surface area contributed by atoms with Crippen LogP contribution in [0, 0.1) is 0 Å². The van der Waals surface area contributed by atoms with Gasteiger partial charge in [-0.1, -0.05) is 46.3 Å². The Balaban J connectivity index is 2.41. The Labute approximate surface area is 89.8 Å². The van der Waals surface area contributed by atoms with E-state index in [4.69, 9.17) is 9.84 Å². The summed E-state index contributed by atoms with van der Waals surface area (Å²) in [6, 6.07) is 9.05. The van der Waals surface area contributed by atoms with Gasteiger partial charge in [-0.3, -0.25) is 4.79 Å². The Bertz CT molecular complexity index is 348. The Hall–Kier alpha value is -0.870. The topological polar surface area (TPSA) is 49.8 Å². The van der Waals surface area contributed by atoms with Gasteiger partial charge < -0.3 is 9.84 Å². The van der Waals surface area contributed by atoms with Crippen LogP contribution in [-0.2, 0) is 13.9 Å². The van der Waals surface area contributed by atoms with Crippen LogP contribution in [-0.4, -0.2) is 23.8 Å². The van der Waals surface area contributed by atoms with Crippen LogP contribution < -0.4 is 0 Å². The number of epoxide rings is 1. The van der Waals surface area contributed by atoms with Crippen LogP contribution in [0.15, 0.2) is 30.3 Å². The molecule has 2 rings (SSSR count). The number of carboxylic acid groups (broad SMARTS) is 1. The zero-order valence-corrected chi connectivity index (χ0v) is 8.90. The predicted octanol–water partition coefficient (Wildman–Crippen LogP) is 1.76. The van der Waals surface area contributed by atoms with Crippen molar-refractivity contribution in [3.8, 4) is 0 Å². The second-order valence-electron chi connectivity index (χ2n) is 3.20. The van der Waals surface area contributed by atoms with Crippen molar-refractivity contribution in [3.63, 3.8) is 0 Å². The molecule has 1 aromatic rings. The molecule has 0 spiro atoms. The number of aliphatic carboxylic acids is 1. The fraction of sp³-hybridized carbons (Fsp3) is 0.300. The second kappa shape index (κ2) is 3.37. The highest BCUT2D eigenvalue weighted by Gasteiger charge is 2.52. The summed E-state index contributed by atoms with van der Waals surface area (Å²) in [4.78, 5) is 11.2. The van der Waals surface area contributed by atoms with E-state index in [1.54, 1.807) is 12.1 Å². The Morgan fingerprint density at radius 3 is 2.50 bits per heavy atom. The molecule has 1 saturated heterocycles. The molecule has 0 radical (unpaired) electrons. The lowest BCUT2D eigenvalue weighted by molar-refractivity contribution is -0.140. The first-order chi connectivity index (χ1) is 6.65. The molecule has 0 bridgehead atoms. The third-order valence-corrected chi connectivity index (χ3v) is 3.59. The van der Waals surface area contributed by atoms with Crippen LogP contribution in [0.1, 0.15) is 5.56 Å². The summed E-state index contributed by atoms with van der Waals surface area (Å²) in [6.45, 7) is 0.493. The van der Waals surface area contributed by atoms with E-state index in [-0.39, 0.29) is 6.10 Å². The number of rotatable bonds is 3. The molecule has 4 heteroatoms. The number of hydrogen-bond donors (Lipinski definition) is 1. The first-order valence-corrected chi connectivity index (χ1v) is 5.04. The molecule has 1 aliphatic heterocycles. The van der Waals surface area contributed by atoms with Crippen molar-refractivity contribution in [2.24, 2.45) is 0 Å². The lowest BCUT2D eigenvalue weighted by Crippen LogP contribution is -2.34. The van der Waals surface area contributed by atoms with Crippen molar-refractivity contribution in [3.05, 3.63) is 35.9 Å². The van der Waals surface area contributed by atoms with Crippen LogP contribution in [0.2, 0.25) is 0 Å². The van der Waals surface area contributed by atoms with Gasteiger partial charge in [0.15, 0.2) is 4.32 Å². The summed E-state index contributed by atoms with van der Waals surface area (Å²) in [6.07, 6.45) is -0.262. The van der Waals surface area contributed by atoms with E-state index in [1.165, 1.54) is 0 Å². The number of benzene rings is 1. The number of carboxylic acids is 1. The molecular weight excluding hydrogens is 248 g/mol. The van der Waals surface area contributed by atoms with E-state index in [0.717, 1.165) is 5.56 Å². The van der Waals surface area contributed by atoms with E-state index in [9.17, 15) is 4.79 Å². The van der Waals surface area contributed by atoms with Crippen molar-refractivity contribution in [2.75, 3.05) is 6.61 Å². The van der Waals surface area contributed by atoms with E-state index >= 15 is 0 Å². The zero-order valence-electron chi connectivity index (χ0n) is 7.31. The minimum absolute atomic E-state index is 0.262. The molecule has 0 aliphatic carbocycles. The molecule has 2 unspecified atom stereocenters. The number of ether oxygens (including phenoxy) is 1. The standard InChI is InChI=1S/C10H9BrO3/c11-10(9(12)13,8-6-14-8)7-4-2-1-3-5-7/h1-5,8H,6H2,(H,12,13). The van der Waals surface area contributed by atoms with Gasteiger partial charge in [-0.15, -0.1) is 0 Å². The second-order valence-corrected chi connectivity index (χ2v) is 4.46. The highest BCUT2D eigenvalue weighted by Crippen LogP contribution is 2.42. The molecule has 2 atom stereocenters. The maximum atomic E-state index is 11.2. The third kappa shape index (κ3) is 1.44. The minimum atomic E-state index is -1.09. The molecule has 1 fully saturated rings. The fourth-order valence-electron chi connectivity index (χ4n) is 1.41. The van der Waals surface area contributed by atoms with Gasteiger partial charge in [0.05, 0.1) is 6.61 Å². The Morgan fingerprint density at radius 1 is 1.50 bits per heavy atom. The molecule has 1 aromatic carbocycles. The van der Waals surface area contributed by atoms with E-state index in [0.29, 0.717) is 6.61 Å². The summed E-state index contributed by atoms with van der Waals surface area (Å²) in [5, 5.41) is 9.17. The first-order valence-electron chi connectivity index (χ1n) is 4.25. The summed E-state index contributed by atoms with van der Waals surface area (Å²) in [7, 11) is 0. The van der Waals surface area contributed by atoms with Crippen molar-refractivity contribution in [1.29, 1.82) is 0 Å². The van der Waals surface area contributed by atoms with Crippen LogP contribution in [0.4, 0.5) is 0 Å². The molecule has 14 heavy (non-hydrogen) atoms. The molecule has 1 heterocycles. The van der Waals surface area contributed by atoms with Crippen molar-refractivity contribution in [2.45, 2.75) is 10.4 Å². The van der Waals surface area contributed by atoms with Gasteiger partial charge in [0, 0.05) is 0 Å². The maximum absolute atomic E-state index is 11.2. The molecule has 74 valence electrons. The van der Waals surface area contributed by atoms with Crippen molar-refractivity contribution >= 4 is 21.9 Å². The van der Waals surface area contributed by atoms with Gasteiger partial charge in [0.1, 0.15) is 6.10 Å². The van der Waals surface area contributed by atoms with E-state index in [1.807, 2.05) is 18.2 Å². The van der Waals surface area contributed by atoms with Gasteiger partial charge in [-0.2, -0.15) is 0 Å². The summed E-state index contributed by atoms with van der Waals surface area (Å²) in [5.41, 5.74) is 0.718. The fourth-order valence-corrected chi connectivity index (χ4v) is 1.93. The Kier molecular flexibility index (Phi) is 2.33. The van der Waals surface area contributed by atoms with Gasteiger partial charge in [0.25, 0.3) is 0 Å². The average Bonchev–Trinajstić information content (AvgIpc) is 3.01. The van der Waals surface area contributed by atoms with Crippen molar-refractivity contribution < 1.29 is 14.6 Å². The molecule has 0 saturated carbocycles. The number of alkyl halides is 1. The predicted molar refractivity (Wildman–Crippen MR) is 54.4 cm³/mol. The van der Waals surface area contributed by atoms with Gasteiger partial charge in [-0.05, 0) is 5.56 Å².